The van der Waals surface area contributed by atoms with E-state index >= 15 is 0 Å². The number of nitrogens with zero attached hydrogens (tertiary/aromatic N) is 1. The average Bonchev–Trinajstić information content (AvgIpc) is 2.75. The van der Waals surface area contributed by atoms with Crippen LogP contribution in [0.15, 0.2) is 65.8 Å². The highest BCUT2D eigenvalue weighted by Crippen LogP contribution is 2.30. The van der Waals surface area contributed by atoms with Crippen molar-refractivity contribution < 1.29 is 19.1 Å². The number of rotatable bonds is 7. The molecule has 6 nitrogen and oxygen atoms in total. The number of carbonyl (C=O) groups is 2. The summed E-state index contributed by atoms with van der Waals surface area (Å²) in [7, 11) is 0. The lowest BCUT2D eigenvalue weighted by atomic mass is 10.2. The van der Waals surface area contributed by atoms with Gasteiger partial charge >= 0.3 is 5.97 Å². The number of amides is 1. The number of benzene rings is 3. The molecular formula is C23H17Cl2IN2O4. The Kier molecular flexibility index (Phi) is 8.49. The van der Waals surface area contributed by atoms with Gasteiger partial charge in [-0.1, -0.05) is 35.3 Å². The number of ether oxygens (including phenoxy) is 2. The van der Waals surface area contributed by atoms with Crippen molar-refractivity contribution in [3.8, 4) is 11.5 Å². The molecule has 0 radical (unpaired) electrons. The van der Waals surface area contributed by atoms with E-state index in [0.29, 0.717) is 28.5 Å². The highest BCUT2D eigenvalue weighted by Gasteiger charge is 2.16. The Morgan fingerprint density at radius 3 is 2.53 bits per heavy atom. The van der Waals surface area contributed by atoms with Gasteiger partial charge in [0, 0.05) is 8.59 Å². The molecule has 9 heteroatoms. The quantitative estimate of drug-likeness (QED) is 0.122. The van der Waals surface area contributed by atoms with Gasteiger partial charge in [0.2, 0.25) is 0 Å². The molecule has 0 spiro atoms. The fourth-order valence-electron chi connectivity index (χ4n) is 2.64. The van der Waals surface area contributed by atoms with Crippen LogP contribution in [-0.2, 0) is 0 Å². The molecule has 0 aliphatic carbocycles. The number of halogens is 3. The minimum atomic E-state index is -0.640. The van der Waals surface area contributed by atoms with E-state index in [9.17, 15) is 9.59 Å². The van der Waals surface area contributed by atoms with Crippen molar-refractivity contribution >= 4 is 63.9 Å². The number of hydrazone groups is 1. The van der Waals surface area contributed by atoms with Gasteiger partial charge in [-0.05, 0) is 83.6 Å². The summed E-state index contributed by atoms with van der Waals surface area (Å²) in [5.74, 6) is -0.387. The van der Waals surface area contributed by atoms with E-state index < -0.39 is 5.97 Å². The van der Waals surface area contributed by atoms with E-state index in [1.807, 2.05) is 19.1 Å². The molecule has 0 bridgehead atoms. The van der Waals surface area contributed by atoms with Crippen molar-refractivity contribution in [2.75, 3.05) is 6.61 Å². The zero-order chi connectivity index (χ0) is 23.1. The first-order valence-electron chi connectivity index (χ1n) is 9.41. The second-order valence-electron chi connectivity index (χ2n) is 6.33. The largest absolute Gasteiger partial charge is 0.490 e. The van der Waals surface area contributed by atoms with Crippen molar-refractivity contribution in [1.82, 2.24) is 5.43 Å². The van der Waals surface area contributed by atoms with Gasteiger partial charge in [-0.15, -0.1) is 0 Å². The molecule has 0 aliphatic rings. The summed E-state index contributed by atoms with van der Waals surface area (Å²) in [6, 6.07) is 16.6. The molecule has 0 saturated heterocycles. The molecule has 32 heavy (non-hydrogen) atoms. The third-order valence-corrected chi connectivity index (χ3v) is 5.61. The zero-order valence-electron chi connectivity index (χ0n) is 16.8. The number of hydrogen-bond donors (Lipinski definition) is 1. The predicted octanol–water partition coefficient (Wildman–Crippen LogP) is 5.98. The van der Waals surface area contributed by atoms with Crippen molar-refractivity contribution in [2.24, 2.45) is 5.10 Å². The van der Waals surface area contributed by atoms with E-state index in [1.165, 1.54) is 18.3 Å². The van der Waals surface area contributed by atoms with E-state index in [0.717, 1.165) is 3.57 Å². The van der Waals surface area contributed by atoms with Gasteiger partial charge in [-0.2, -0.15) is 5.10 Å². The van der Waals surface area contributed by atoms with Crippen molar-refractivity contribution in [3.63, 3.8) is 0 Å². The molecule has 1 amide bonds. The third-order valence-electron chi connectivity index (χ3n) is 4.12. The minimum Gasteiger partial charge on any atom is -0.490 e. The highest BCUT2D eigenvalue weighted by atomic mass is 127. The van der Waals surface area contributed by atoms with Crippen LogP contribution in [0.5, 0.6) is 11.5 Å². The molecule has 1 N–H and O–H groups in total. The molecule has 0 unspecified atom stereocenters. The Labute approximate surface area is 208 Å². The van der Waals surface area contributed by atoms with E-state index in [4.69, 9.17) is 32.7 Å². The fourth-order valence-corrected chi connectivity index (χ4v) is 3.76. The Morgan fingerprint density at radius 1 is 1.03 bits per heavy atom. The summed E-state index contributed by atoms with van der Waals surface area (Å²) < 4.78 is 11.9. The minimum absolute atomic E-state index is 0.183. The maximum absolute atomic E-state index is 12.5. The molecule has 0 aliphatic heterocycles. The molecule has 3 aromatic rings. The van der Waals surface area contributed by atoms with Gasteiger partial charge < -0.3 is 9.47 Å². The standard InChI is InChI=1S/C23H17Cl2IN2O4/c1-2-31-21-11-14(13-27-28-22(29)17-5-3-4-6-19(17)26)7-10-20(21)32-23(30)16-9-8-15(24)12-18(16)25/h3-13H,2H2,1H3,(H,28,29)/b27-13+. The van der Waals surface area contributed by atoms with E-state index in [1.54, 1.807) is 36.4 Å². The van der Waals surface area contributed by atoms with Crippen LogP contribution in [0.3, 0.4) is 0 Å². The van der Waals surface area contributed by atoms with E-state index in [2.05, 4.69) is 33.1 Å². The third kappa shape index (κ3) is 6.21. The Bertz CT molecular complexity index is 1180. The van der Waals surface area contributed by atoms with Gasteiger partial charge in [0.1, 0.15) is 0 Å². The number of hydrogen-bond acceptors (Lipinski definition) is 5. The topological polar surface area (TPSA) is 77.0 Å². The first kappa shape index (κ1) is 24.0. The van der Waals surface area contributed by atoms with Crippen LogP contribution in [0.4, 0.5) is 0 Å². The zero-order valence-corrected chi connectivity index (χ0v) is 20.4. The van der Waals surface area contributed by atoms with Crippen molar-refractivity contribution in [3.05, 3.63) is 91.0 Å². The SMILES string of the molecule is CCOc1cc(/C=N/NC(=O)c2ccccc2I)ccc1OC(=O)c1ccc(Cl)cc1Cl. The molecule has 0 aromatic heterocycles. The van der Waals surface area contributed by atoms with E-state index in [-0.39, 0.29) is 22.2 Å². The molecular weight excluding hydrogens is 566 g/mol. The summed E-state index contributed by atoms with van der Waals surface area (Å²) in [5.41, 5.74) is 3.85. The van der Waals surface area contributed by atoms with Crippen LogP contribution in [-0.4, -0.2) is 24.7 Å². The predicted molar refractivity (Wildman–Crippen MR) is 133 cm³/mol. The normalized spacial score (nSPS) is 10.8. The summed E-state index contributed by atoms with van der Waals surface area (Å²) in [5, 5.41) is 4.60. The lowest BCUT2D eigenvalue weighted by molar-refractivity contribution is 0.0728. The van der Waals surface area contributed by atoms with Crippen LogP contribution in [0.2, 0.25) is 10.0 Å². The molecule has 3 aromatic carbocycles. The van der Waals surface area contributed by atoms with Gasteiger partial charge in [-0.25, -0.2) is 10.2 Å². The van der Waals surface area contributed by atoms with Crippen molar-refractivity contribution in [2.45, 2.75) is 6.92 Å². The Morgan fingerprint density at radius 2 is 1.81 bits per heavy atom. The lowest BCUT2D eigenvalue weighted by Gasteiger charge is -2.12. The van der Waals surface area contributed by atoms with Crippen LogP contribution >= 0.6 is 45.8 Å². The molecule has 164 valence electrons. The number of esters is 1. The van der Waals surface area contributed by atoms with Crippen LogP contribution in [0, 0.1) is 3.57 Å². The summed E-state index contributed by atoms with van der Waals surface area (Å²) in [6.45, 7) is 2.17. The van der Waals surface area contributed by atoms with Crippen LogP contribution in [0.25, 0.3) is 0 Å². The maximum Gasteiger partial charge on any atom is 0.345 e. The smallest absolute Gasteiger partial charge is 0.345 e. The van der Waals surface area contributed by atoms with Gasteiger partial charge in [0.25, 0.3) is 5.91 Å². The summed E-state index contributed by atoms with van der Waals surface area (Å²) in [6.07, 6.45) is 1.47. The van der Waals surface area contributed by atoms with Gasteiger partial charge in [0.15, 0.2) is 11.5 Å². The Balaban J connectivity index is 1.74. The fraction of sp³-hybridized carbons (Fsp3) is 0.0870. The first-order valence-corrected chi connectivity index (χ1v) is 11.2. The number of nitrogens with one attached hydrogen (secondary N) is 1. The Hall–Kier alpha value is -2.62. The van der Waals surface area contributed by atoms with Crippen LogP contribution < -0.4 is 14.9 Å². The highest BCUT2D eigenvalue weighted by molar-refractivity contribution is 14.1. The number of carbonyl (C=O) groups excluding carboxylic acids is 2. The average molecular weight is 583 g/mol. The lowest BCUT2D eigenvalue weighted by Crippen LogP contribution is -2.18. The second kappa shape index (κ2) is 11.3. The molecule has 0 atom stereocenters. The van der Waals surface area contributed by atoms with Gasteiger partial charge in [0.05, 0.1) is 29.0 Å². The first-order chi connectivity index (χ1) is 15.4. The molecule has 0 heterocycles. The summed E-state index contributed by atoms with van der Waals surface area (Å²) >= 11 is 14.0. The van der Waals surface area contributed by atoms with Gasteiger partial charge in [-0.3, -0.25) is 4.79 Å². The van der Waals surface area contributed by atoms with Crippen LogP contribution in [0.1, 0.15) is 33.2 Å². The van der Waals surface area contributed by atoms with Crippen molar-refractivity contribution in [1.29, 1.82) is 0 Å². The maximum atomic E-state index is 12.5. The summed E-state index contributed by atoms with van der Waals surface area (Å²) in [4.78, 5) is 24.8. The second-order valence-corrected chi connectivity index (χ2v) is 8.34. The molecule has 0 fully saturated rings. The molecule has 3 rings (SSSR count). The molecule has 0 saturated carbocycles. The monoisotopic (exact) mass is 582 g/mol.